The van der Waals surface area contributed by atoms with E-state index in [0.29, 0.717) is 13.1 Å². The van der Waals surface area contributed by atoms with Gasteiger partial charge >= 0.3 is 6.03 Å². The molecule has 0 saturated heterocycles. The second-order valence-electron chi connectivity index (χ2n) is 3.59. The quantitative estimate of drug-likeness (QED) is 0.841. The summed E-state index contributed by atoms with van der Waals surface area (Å²) in [5, 5.41) is 2.55. The highest BCUT2D eigenvalue weighted by Crippen LogP contribution is 2.15. The zero-order chi connectivity index (χ0) is 12.1. The fourth-order valence-electron chi connectivity index (χ4n) is 1.43. The van der Waals surface area contributed by atoms with Gasteiger partial charge in [-0.2, -0.15) is 0 Å². The molecule has 0 fully saturated rings. The molecule has 0 aliphatic rings. The van der Waals surface area contributed by atoms with Crippen LogP contribution >= 0.6 is 0 Å². The molecule has 0 aliphatic carbocycles. The largest absolute Gasteiger partial charge is 0.325 e. The highest BCUT2D eigenvalue weighted by molar-refractivity contribution is 5.89. The minimum atomic E-state index is -0.402. The van der Waals surface area contributed by atoms with Crippen LogP contribution in [0.5, 0.6) is 0 Å². The zero-order valence-corrected chi connectivity index (χ0v) is 9.88. The molecule has 0 unspecified atom stereocenters. The van der Waals surface area contributed by atoms with Gasteiger partial charge in [-0.05, 0) is 38.5 Å². The van der Waals surface area contributed by atoms with Gasteiger partial charge in [-0.1, -0.05) is 6.07 Å². The van der Waals surface area contributed by atoms with Crippen molar-refractivity contribution in [1.82, 2.24) is 4.90 Å². The lowest BCUT2D eigenvalue weighted by Crippen LogP contribution is -2.34. The summed E-state index contributed by atoms with van der Waals surface area (Å²) in [6.45, 7) is 6.79. The van der Waals surface area contributed by atoms with E-state index in [4.69, 9.17) is 0 Å². The Labute approximate surface area is 95.3 Å². The molecule has 2 amide bonds. The van der Waals surface area contributed by atoms with Crippen LogP contribution in [-0.4, -0.2) is 24.0 Å². The summed E-state index contributed by atoms with van der Waals surface area (Å²) in [6.07, 6.45) is 0. The molecule has 1 rings (SSSR count). The van der Waals surface area contributed by atoms with Crippen molar-refractivity contribution in [3.05, 3.63) is 29.6 Å². The van der Waals surface area contributed by atoms with Gasteiger partial charge in [-0.25, -0.2) is 9.18 Å². The number of benzene rings is 1. The maximum Gasteiger partial charge on any atom is 0.321 e. The molecule has 0 saturated carbocycles. The summed E-state index contributed by atoms with van der Waals surface area (Å²) in [5.41, 5.74) is 1.06. The number of nitrogens with one attached hydrogen (secondary N) is 1. The van der Waals surface area contributed by atoms with Crippen LogP contribution in [0.4, 0.5) is 14.9 Å². The summed E-state index contributed by atoms with van der Waals surface area (Å²) in [6, 6.07) is 4.47. The van der Waals surface area contributed by atoms with Crippen LogP contribution in [0, 0.1) is 12.7 Å². The second-order valence-corrected chi connectivity index (χ2v) is 3.59. The Kier molecular flexibility index (Phi) is 4.28. The Balaban J connectivity index is 2.76. The van der Waals surface area contributed by atoms with Crippen molar-refractivity contribution in [3.8, 4) is 0 Å². The van der Waals surface area contributed by atoms with E-state index in [1.54, 1.807) is 24.0 Å². The standard InChI is InChI=1S/C12H17FN2O/c1-4-15(5-2)12(16)14-11-7-6-9(3)8-10(11)13/h6-8H,4-5H2,1-3H3,(H,14,16). The molecule has 0 radical (unpaired) electrons. The topological polar surface area (TPSA) is 32.3 Å². The van der Waals surface area contributed by atoms with Crippen LogP contribution in [-0.2, 0) is 0 Å². The third-order valence-corrected chi connectivity index (χ3v) is 2.42. The van der Waals surface area contributed by atoms with Gasteiger partial charge in [-0.3, -0.25) is 0 Å². The number of hydrogen-bond acceptors (Lipinski definition) is 1. The van der Waals surface area contributed by atoms with E-state index in [-0.39, 0.29) is 11.7 Å². The van der Waals surface area contributed by atoms with Gasteiger partial charge in [0.2, 0.25) is 0 Å². The van der Waals surface area contributed by atoms with Crippen LogP contribution in [0.3, 0.4) is 0 Å². The van der Waals surface area contributed by atoms with Crippen molar-refractivity contribution in [2.24, 2.45) is 0 Å². The zero-order valence-electron chi connectivity index (χ0n) is 9.88. The maximum atomic E-state index is 13.4. The maximum absolute atomic E-state index is 13.4. The van der Waals surface area contributed by atoms with Crippen LogP contribution in [0.2, 0.25) is 0 Å². The van der Waals surface area contributed by atoms with Crippen molar-refractivity contribution in [2.45, 2.75) is 20.8 Å². The van der Waals surface area contributed by atoms with E-state index in [1.165, 1.54) is 6.07 Å². The molecule has 0 aromatic heterocycles. The van der Waals surface area contributed by atoms with Gasteiger partial charge in [0, 0.05) is 13.1 Å². The lowest BCUT2D eigenvalue weighted by atomic mass is 10.2. The lowest BCUT2D eigenvalue weighted by molar-refractivity contribution is 0.217. The molecule has 0 heterocycles. The summed E-state index contributed by atoms with van der Waals surface area (Å²) < 4.78 is 13.4. The molecule has 0 aliphatic heterocycles. The monoisotopic (exact) mass is 224 g/mol. The number of aryl methyl sites for hydroxylation is 1. The van der Waals surface area contributed by atoms with Gasteiger partial charge in [0.05, 0.1) is 5.69 Å². The number of amides is 2. The number of carbonyl (C=O) groups excluding carboxylic acids is 1. The summed E-state index contributed by atoms with van der Waals surface area (Å²) in [4.78, 5) is 13.3. The smallest absolute Gasteiger partial charge is 0.321 e. The van der Waals surface area contributed by atoms with Crippen LogP contribution in [0.25, 0.3) is 0 Å². The number of anilines is 1. The molecule has 88 valence electrons. The highest BCUT2D eigenvalue weighted by atomic mass is 19.1. The predicted octanol–water partition coefficient (Wildman–Crippen LogP) is 3.01. The molecular weight excluding hydrogens is 207 g/mol. The van der Waals surface area contributed by atoms with E-state index >= 15 is 0 Å². The number of hydrogen-bond donors (Lipinski definition) is 1. The van der Waals surface area contributed by atoms with E-state index in [9.17, 15) is 9.18 Å². The third kappa shape index (κ3) is 2.95. The minimum absolute atomic E-state index is 0.225. The van der Waals surface area contributed by atoms with E-state index in [2.05, 4.69) is 5.32 Å². The Morgan fingerprint density at radius 2 is 2.00 bits per heavy atom. The van der Waals surface area contributed by atoms with Gasteiger partial charge in [0.1, 0.15) is 5.82 Å². The molecule has 1 N–H and O–H groups in total. The first-order chi connectivity index (χ1) is 7.58. The SMILES string of the molecule is CCN(CC)C(=O)Nc1ccc(C)cc1F. The normalized spacial score (nSPS) is 10.0. The molecule has 1 aromatic rings. The molecule has 0 spiro atoms. The Morgan fingerprint density at radius 3 is 2.50 bits per heavy atom. The van der Waals surface area contributed by atoms with Gasteiger partial charge in [0.25, 0.3) is 0 Å². The molecule has 4 heteroatoms. The first kappa shape index (κ1) is 12.5. The summed E-state index contributed by atoms with van der Waals surface area (Å²) >= 11 is 0. The van der Waals surface area contributed by atoms with Crippen molar-refractivity contribution in [1.29, 1.82) is 0 Å². The van der Waals surface area contributed by atoms with Crippen LogP contribution < -0.4 is 5.32 Å². The van der Waals surface area contributed by atoms with Crippen molar-refractivity contribution in [3.63, 3.8) is 0 Å². The number of carbonyl (C=O) groups is 1. The summed E-state index contributed by atoms with van der Waals surface area (Å²) in [7, 11) is 0. The average Bonchev–Trinajstić information content (AvgIpc) is 2.24. The van der Waals surface area contributed by atoms with E-state index in [0.717, 1.165) is 5.56 Å². The van der Waals surface area contributed by atoms with E-state index < -0.39 is 5.82 Å². The molecule has 0 bridgehead atoms. The molecular formula is C12H17FN2O. The first-order valence-corrected chi connectivity index (χ1v) is 5.40. The Morgan fingerprint density at radius 1 is 1.38 bits per heavy atom. The first-order valence-electron chi connectivity index (χ1n) is 5.40. The Bertz CT molecular complexity index is 375. The Hall–Kier alpha value is -1.58. The number of halogens is 1. The van der Waals surface area contributed by atoms with Crippen molar-refractivity contribution in [2.75, 3.05) is 18.4 Å². The van der Waals surface area contributed by atoms with Crippen LogP contribution in [0.15, 0.2) is 18.2 Å². The molecule has 3 nitrogen and oxygen atoms in total. The van der Waals surface area contributed by atoms with Gasteiger partial charge < -0.3 is 10.2 Å². The minimum Gasteiger partial charge on any atom is -0.325 e. The fraction of sp³-hybridized carbons (Fsp3) is 0.417. The van der Waals surface area contributed by atoms with E-state index in [1.807, 2.05) is 13.8 Å². The average molecular weight is 224 g/mol. The van der Waals surface area contributed by atoms with Crippen LogP contribution in [0.1, 0.15) is 19.4 Å². The molecule has 0 atom stereocenters. The van der Waals surface area contributed by atoms with Gasteiger partial charge in [-0.15, -0.1) is 0 Å². The summed E-state index contributed by atoms with van der Waals surface area (Å²) in [5.74, 6) is -0.402. The second kappa shape index (κ2) is 5.49. The number of rotatable bonds is 3. The number of urea groups is 1. The van der Waals surface area contributed by atoms with Gasteiger partial charge in [0.15, 0.2) is 0 Å². The lowest BCUT2D eigenvalue weighted by Gasteiger charge is -2.19. The third-order valence-electron chi connectivity index (χ3n) is 2.42. The van der Waals surface area contributed by atoms with Crippen molar-refractivity contribution >= 4 is 11.7 Å². The molecule has 1 aromatic carbocycles. The molecule has 16 heavy (non-hydrogen) atoms. The fourth-order valence-corrected chi connectivity index (χ4v) is 1.43. The van der Waals surface area contributed by atoms with Crippen molar-refractivity contribution < 1.29 is 9.18 Å². The highest BCUT2D eigenvalue weighted by Gasteiger charge is 2.11. The predicted molar refractivity (Wildman–Crippen MR) is 63.1 cm³/mol. The number of nitrogens with zero attached hydrogens (tertiary/aromatic N) is 1.